The normalized spacial score (nSPS) is 13.2. The standard InChI is InChI=1S/C29H27N3O4/c33-28(30-22-7-2-1-3-8-22)17-21-11-13-23(14-12-21)36-24-18-32(19-24)27-10-6-9-25(29(34)35)26(27)20-31-15-4-5-16-31/h1-16,24H,17-20H2,(H,30,33)(H,34,35). The molecule has 1 saturated heterocycles. The maximum Gasteiger partial charge on any atom is 0.336 e. The largest absolute Gasteiger partial charge is 0.487 e. The van der Waals surface area contributed by atoms with Crippen LogP contribution in [0.15, 0.2) is 97.3 Å². The van der Waals surface area contributed by atoms with Crippen molar-refractivity contribution < 1.29 is 19.4 Å². The van der Waals surface area contributed by atoms with E-state index in [-0.39, 0.29) is 18.4 Å². The molecule has 1 aliphatic rings. The van der Waals surface area contributed by atoms with Crippen LogP contribution in [0.5, 0.6) is 5.75 Å². The molecule has 36 heavy (non-hydrogen) atoms. The van der Waals surface area contributed by atoms with Crippen LogP contribution in [0.4, 0.5) is 11.4 Å². The first-order chi connectivity index (χ1) is 17.5. The third kappa shape index (κ3) is 5.41. The Morgan fingerprint density at radius 3 is 2.31 bits per heavy atom. The monoisotopic (exact) mass is 481 g/mol. The fraction of sp³-hybridized carbons (Fsp3) is 0.172. The van der Waals surface area contributed by atoms with Gasteiger partial charge in [0.15, 0.2) is 0 Å². The van der Waals surface area contributed by atoms with Gasteiger partial charge in [-0.3, -0.25) is 4.79 Å². The van der Waals surface area contributed by atoms with E-state index < -0.39 is 5.97 Å². The lowest BCUT2D eigenvalue weighted by Gasteiger charge is -2.41. The molecule has 1 amide bonds. The predicted octanol–water partition coefficient (Wildman–Crippen LogP) is 4.68. The molecule has 3 aromatic carbocycles. The van der Waals surface area contributed by atoms with Gasteiger partial charge < -0.3 is 24.6 Å². The fourth-order valence-electron chi connectivity index (χ4n) is 4.40. The Morgan fingerprint density at radius 2 is 1.61 bits per heavy atom. The molecule has 0 atom stereocenters. The third-order valence-corrected chi connectivity index (χ3v) is 6.23. The maximum atomic E-state index is 12.3. The van der Waals surface area contributed by atoms with E-state index in [1.165, 1.54) is 0 Å². The molecular weight excluding hydrogens is 454 g/mol. The van der Waals surface area contributed by atoms with Gasteiger partial charge in [-0.05, 0) is 54.1 Å². The molecule has 182 valence electrons. The van der Waals surface area contributed by atoms with E-state index >= 15 is 0 Å². The van der Waals surface area contributed by atoms with Crippen LogP contribution in [0.2, 0.25) is 0 Å². The second kappa shape index (κ2) is 10.4. The van der Waals surface area contributed by atoms with Crippen LogP contribution < -0.4 is 15.0 Å². The minimum Gasteiger partial charge on any atom is -0.487 e. The number of para-hydroxylation sites is 1. The first-order valence-electron chi connectivity index (χ1n) is 11.9. The molecule has 7 heteroatoms. The van der Waals surface area contributed by atoms with E-state index in [2.05, 4.69) is 10.2 Å². The van der Waals surface area contributed by atoms with E-state index in [1.807, 2.05) is 89.8 Å². The SMILES string of the molecule is O=C(Cc1ccc(OC2CN(c3cccc(C(=O)O)c3Cn3cccc3)C2)cc1)Nc1ccccc1. The number of carbonyl (C=O) groups excluding carboxylic acids is 1. The Hall–Kier alpha value is -4.52. The van der Waals surface area contributed by atoms with Crippen LogP contribution in [0.25, 0.3) is 0 Å². The number of carboxylic acid groups (broad SMARTS) is 1. The Balaban J connectivity index is 1.18. The molecule has 2 heterocycles. The number of hydrogen-bond acceptors (Lipinski definition) is 4. The molecular formula is C29H27N3O4. The van der Waals surface area contributed by atoms with E-state index in [0.29, 0.717) is 25.2 Å². The van der Waals surface area contributed by atoms with Crippen LogP contribution in [0.3, 0.4) is 0 Å². The summed E-state index contributed by atoms with van der Waals surface area (Å²) in [5.41, 5.74) is 3.71. The average molecular weight is 482 g/mol. The van der Waals surface area contributed by atoms with Gasteiger partial charge >= 0.3 is 5.97 Å². The lowest BCUT2D eigenvalue weighted by atomic mass is 10.0. The summed E-state index contributed by atoms with van der Waals surface area (Å²) in [5, 5.41) is 12.6. The quantitative estimate of drug-likeness (QED) is 0.363. The molecule has 0 radical (unpaired) electrons. The Labute approximate surface area is 209 Å². The minimum atomic E-state index is -0.926. The van der Waals surface area contributed by atoms with Gasteiger partial charge in [0.05, 0.1) is 25.1 Å². The summed E-state index contributed by atoms with van der Waals surface area (Å²) in [5.74, 6) is -0.243. The lowest BCUT2D eigenvalue weighted by Crippen LogP contribution is -2.54. The number of carbonyl (C=O) groups is 2. The second-order valence-electron chi connectivity index (χ2n) is 8.84. The topological polar surface area (TPSA) is 83.8 Å². The number of nitrogens with zero attached hydrogens (tertiary/aromatic N) is 2. The molecule has 5 rings (SSSR count). The second-order valence-corrected chi connectivity index (χ2v) is 8.84. The summed E-state index contributed by atoms with van der Waals surface area (Å²) in [6, 6.07) is 26.2. The van der Waals surface area contributed by atoms with Crippen molar-refractivity contribution in [1.82, 2.24) is 4.57 Å². The summed E-state index contributed by atoms with van der Waals surface area (Å²) in [4.78, 5) is 26.3. The van der Waals surface area contributed by atoms with Gasteiger partial charge in [0, 0.05) is 35.9 Å². The Morgan fingerprint density at radius 1 is 0.889 bits per heavy atom. The third-order valence-electron chi connectivity index (χ3n) is 6.23. The molecule has 2 N–H and O–H groups in total. The van der Waals surface area contributed by atoms with Gasteiger partial charge in [0.25, 0.3) is 0 Å². The number of anilines is 2. The number of amides is 1. The van der Waals surface area contributed by atoms with Gasteiger partial charge in [-0.25, -0.2) is 4.79 Å². The summed E-state index contributed by atoms with van der Waals surface area (Å²) >= 11 is 0. The van der Waals surface area contributed by atoms with Gasteiger partial charge in [-0.2, -0.15) is 0 Å². The first kappa shape index (κ1) is 23.2. The summed E-state index contributed by atoms with van der Waals surface area (Å²) in [7, 11) is 0. The van der Waals surface area contributed by atoms with Crippen LogP contribution >= 0.6 is 0 Å². The summed E-state index contributed by atoms with van der Waals surface area (Å²) in [6.45, 7) is 1.83. The van der Waals surface area contributed by atoms with Gasteiger partial charge in [0.1, 0.15) is 11.9 Å². The van der Waals surface area contributed by atoms with E-state index in [4.69, 9.17) is 4.74 Å². The number of aromatic nitrogens is 1. The molecule has 1 aliphatic heterocycles. The molecule has 1 aromatic heterocycles. The van der Waals surface area contributed by atoms with Gasteiger partial charge in [-0.1, -0.05) is 36.4 Å². The molecule has 0 aliphatic carbocycles. The molecule has 0 unspecified atom stereocenters. The maximum absolute atomic E-state index is 12.3. The Bertz CT molecular complexity index is 1330. The van der Waals surface area contributed by atoms with Crippen molar-refractivity contribution in [2.24, 2.45) is 0 Å². The van der Waals surface area contributed by atoms with Gasteiger partial charge in [0.2, 0.25) is 5.91 Å². The zero-order chi connectivity index (χ0) is 24.9. The smallest absolute Gasteiger partial charge is 0.336 e. The first-order valence-corrected chi connectivity index (χ1v) is 11.9. The highest BCUT2D eigenvalue weighted by molar-refractivity contribution is 5.92. The van der Waals surface area contributed by atoms with Crippen molar-refractivity contribution >= 4 is 23.3 Å². The molecule has 1 fully saturated rings. The fourth-order valence-corrected chi connectivity index (χ4v) is 4.40. The molecule has 0 bridgehead atoms. The zero-order valence-corrected chi connectivity index (χ0v) is 19.7. The van der Waals surface area contributed by atoms with E-state index in [1.54, 1.807) is 12.1 Å². The van der Waals surface area contributed by atoms with Crippen molar-refractivity contribution in [1.29, 1.82) is 0 Å². The summed E-state index contributed by atoms with van der Waals surface area (Å²) in [6.07, 6.45) is 4.15. The van der Waals surface area contributed by atoms with Crippen molar-refractivity contribution in [3.8, 4) is 5.75 Å². The number of nitrogens with one attached hydrogen (secondary N) is 1. The van der Waals surface area contributed by atoms with Crippen LogP contribution in [0.1, 0.15) is 21.5 Å². The number of hydrogen-bond donors (Lipinski definition) is 2. The van der Waals surface area contributed by atoms with Crippen molar-refractivity contribution in [3.05, 3.63) is 114 Å². The number of rotatable bonds is 9. The highest BCUT2D eigenvalue weighted by Crippen LogP contribution is 2.30. The highest BCUT2D eigenvalue weighted by atomic mass is 16.5. The van der Waals surface area contributed by atoms with E-state index in [9.17, 15) is 14.7 Å². The molecule has 0 spiro atoms. The zero-order valence-electron chi connectivity index (χ0n) is 19.7. The van der Waals surface area contributed by atoms with Crippen LogP contribution in [0, 0.1) is 0 Å². The van der Waals surface area contributed by atoms with Crippen molar-refractivity contribution in [2.45, 2.75) is 19.1 Å². The minimum absolute atomic E-state index is 0.00476. The van der Waals surface area contributed by atoms with Crippen molar-refractivity contribution in [3.63, 3.8) is 0 Å². The number of benzene rings is 3. The highest BCUT2D eigenvalue weighted by Gasteiger charge is 2.31. The van der Waals surface area contributed by atoms with E-state index in [0.717, 1.165) is 28.3 Å². The van der Waals surface area contributed by atoms with Crippen LogP contribution in [-0.4, -0.2) is 40.7 Å². The lowest BCUT2D eigenvalue weighted by molar-refractivity contribution is -0.115. The molecule has 0 saturated carbocycles. The van der Waals surface area contributed by atoms with Crippen molar-refractivity contribution in [2.75, 3.05) is 23.3 Å². The average Bonchev–Trinajstić information content (AvgIpc) is 3.36. The van der Waals surface area contributed by atoms with Crippen LogP contribution in [-0.2, 0) is 17.8 Å². The molecule has 4 aromatic rings. The predicted molar refractivity (Wildman–Crippen MR) is 139 cm³/mol. The summed E-state index contributed by atoms with van der Waals surface area (Å²) < 4.78 is 8.09. The Kier molecular flexibility index (Phi) is 6.71. The number of carboxylic acids is 1. The molecule has 7 nitrogen and oxygen atoms in total. The van der Waals surface area contributed by atoms with Gasteiger partial charge in [-0.15, -0.1) is 0 Å². The number of aromatic carboxylic acids is 1. The number of ether oxygens (including phenoxy) is 1.